The van der Waals surface area contributed by atoms with Crippen molar-refractivity contribution >= 4 is 11.6 Å². The highest BCUT2D eigenvalue weighted by Crippen LogP contribution is 2.18. The average Bonchev–Trinajstić information content (AvgIpc) is 2.98. The summed E-state index contributed by atoms with van der Waals surface area (Å²) in [6.07, 6.45) is 2.47. The fraction of sp³-hybridized carbons (Fsp3) is 0.267. The van der Waals surface area contributed by atoms with E-state index in [1.807, 2.05) is 24.3 Å². The molecule has 0 radical (unpaired) electrons. The van der Waals surface area contributed by atoms with Crippen molar-refractivity contribution in [2.75, 3.05) is 18.0 Å². The summed E-state index contributed by atoms with van der Waals surface area (Å²) < 4.78 is 5.16. The summed E-state index contributed by atoms with van der Waals surface area (Å²) in [7, 11) is 0. The van der Waals surface area contributed by atoms with E-state index >= 15 is 0 Å². The van der Waals surface area contributed by atoms with Crippen LogP contribution in [-0.4, -0.2) is 19.0 Å². The van der Waals surface area contributed by atoms with Gasteiger partial charge in [0.25, 0.3) is 5.91 Å². The normalized spacial score (nSPS) is 10.4. The van der Waals surface area contributed by atoms with E-state index in [1.165, 1.54) is 11.8 Å². The molecule has 2 rings (SSSR count). The highest BCUT2D eigenvalue weighted by molar-refractivity contribution is 6.04. The number of nitrogens with two attached hydrogens (primary N) is 1. The molecule has 0 saturated heterocycles. The number of hydrogen-bond acceptors (Lipinski definition) is 3. The van der Waals surface area contributed by atoms with Crippen LogP contribution in [0.3, 0.4) is 0 Å². The first-order chi connectivity index (χ1) is 9.26. The topological polar surface area (TPSA) is 59.5 Å². The number of carbonyl (C=O) groups is 1. The summed E-state index contributed by atoms with van der Waals surface area (Å²) in [4.78, 5) is 14.0. The Morgan fingerprint density at radius 2 is 2.00 bits per heavy atom. The number of nitrogens with zero attached hydrogens (tertiary/aromatic N) is 1. The first kappa shape index (κ1) is 13.4. The lowest BCUT2D eigenvalue weighted by molar-refractivity contribution is 0.0961. The van der Waals surface area contributed by atoms with Crippen LogP contribution in [0.25, 0.3) is 0 Å². The second-order valence-corrected chi connectivity index (χ2v) is 4.24. The monoisotopic (exact) mass is 258 g/mol. The molecule has 0 bridgehead atoms. The summed E-state index contributed by atoms with van der Waals surface area (Å²) in [6.45, 7) is 2.97. The molecule has 2 aromatic rings. The summed E-state index contributed by atoms with van der Waals surface area (Å²) in [5, 5.41) is 0. The van der Waals surface area contributed by atoms with Crippen molar-refractivity contribution in [2.45, 2.75) is 13.3 Å². The zero-order chi connectivity index (χ0) is 13.7. The van der Waals surface area contributed by atoms with E-state index in [0.717, 1.165) is 12.1 Å². The molecule has 0 aliphatic carbocycles. The highest BCUT2D eigenvalue weighted by atomic mass is 16.3. The van der Waals surface area contributed by atoms with E-state index in [-0.39, 0.29) is 5.91 Å². The zero-order valence-corrected chi connectivity index (χ0v) is 11.0. The molecule has 1 amide bonds. The van der Waals surface area contributed by atoms with Crippen molar-refractivity contribution in [1.29, 1.82) is 0 Å². The first-order valence-electron chi connectivity index (χ1n) is 6.40. The summed E-state index contributed by atoms with van der Waals surface area (Å²) in [5.41, 5.74) is 7.66. The van der Waals surface area contributed by atoms with Crippen LogP contribution >= 0.6 is 0 Å². The third-order valence-electron chi connectivity index (χ3n) is 2.99. The fourth-order valence-electron chi connectivity index (χ4n) is 1.92. The van der Waals surface area contributed by atoms with E-state index < -0.39 is 0 Å². The minimum absolute atomic E-state index is 0.167. The van der Waals surface area contributed by atoms with Gasteiger partial charge >= 0.3 is 0 Å². The van der Waals surface area contributed by atoms with Crippen LogP contribution in [0.1, 0.15) is 23.0 Å². The molecule has 0 saturated carbocycles. The Hall–Kier alpha value is -2.07. The summed E-state index contributed by atoms with van der Waals surface area (Å²) in [5.74, 6) is 0.160. The molecule has 1 aromatic carbocycles. The van der Waals surface area contributed by atoms with E-state index in [4.69, 9.17) is 10.2 Å². The molecule has 1 heterocycles. The molecule has 19 heavy (non-hydrogen) atoms. The lowest BCUT2D eigenvalue weighted by Gasteiger charge is -2.21. The van der Waals surface area contributed by atoms with Gasteiger partial charge in [0.2, 0.25) is 0 Å². The molecule has 1 aromatic heterocycles. The third kappa shape index (κ3) is 3.03. The van der Waals surface area contributed by atoms with Crippen molar-refractivity contribution in [3.63, 3.8) is 0 Å². The van der Waals surface area contributed by atoms with Gasteiger partial charge in [-0.3, -0.25) is 4.79 Å². The van der Waals surface area contributed by atoms with Crippen LogP contribution in [0, 0.1) is 0 Å². The van der Waals surface area contributed by atoms with E-state index in [0.29, 0.717) is 18.8 Å². The second-order valence-electron chi connectivity index (χ2n) is 4.24. The Kier molecular flexibility index (Phi) is 4.36. The number of benzene rings is 1. The van der Waals surface area contributed by atoms with Crippen LogP contribution in [0.15, 0.2) is 47.1 Å². The molecule has 4 heteroatoms. The van der Waals surface area contributed by atoms with E-state index in [9.17, 15) is 4.79 Å². The van der Waals surface area contributed by atoms with Gasteiger partial charge in [0.05, 0.1) is 6.26 Å². The van der Waals surface area contributed by atoms with Gasteiger partial charge in [-0.15, -0.1) is 0 Å². The maximum Gasteiger partial charge on any atom is 0.293 e. The van der Waals surface area contributed by atoms with Gasteiger partial charge in [-0.2, -0.15) is 0 Å². The number of rotatable bonds is 5. The van der Waals surface area contributed by atoms with E-state index in [2.05, 4.69) is 6.92 Å². The van der Waals surface area contributed by atoms with Crippen LogP contribution in [0.5, 0.6) is 0 Å². The Morgan fingerprint density at radius 1 is 1.26 bits per heavy atom. The molecule has 0 aliphatic heterocycles. The lowest BCUT2D eigenvalue weighted by atomic mass is 10.1. The standard InChI is InChI=1S/C15H18N2O2/c1-2-12-5-7-13(8-6-12)17(10-9-16)15(18)14-4-3-11-19-14/h3-8,11H,2,9-10,16H2,1H3. The van der Waals surface area contributed by atoms with Crippen LogP contribution in [-0.2, 0) is 6.42 Å². The second kappa shape index (κ2) is 6.20. The van der Waals surface area contributed by atoms with Crippen molar-refractivity contribution in [3.05, 3.63) is 54.0 Å². The van der Waals surface area contributed by atoms with Crippen molar-refractivity contribution in [3.8, 4) is 0 Å². The van der Waals surface area contributed by atoms with Gasteiger partial charge in [-0.05, 0) is 36.2 Å². The zero-order valence-electron chi connectivity index (χ0n) is 11.0. The van der Waals surface area contributed by atoms with Gasteiger partial charge in [-0.1, -0.05) is 19.1 Å². The molecule has 0 unspecified atom stereocenters. The fourth-order valence-corrected chi connectivity index (χ4v) is 1.92. The Balaban J connectivity index is 2.26. The van der Waals surface area contributed by atoms with Gasteiger partial charge in [0.1, 0.15) is 0 Å². The van der Waals surface area contributed by atoms with Gasteiger partial charge in [-0.25, -0.2) is 0 Å². The summed E-state index contributed by atoms with van der Waals surface area (Å²) in [6, 6.07) is 11.3. The predicted molar refractivity (Wildman–Crippen MR) is 75.3 cm³/mol. The predicted octanol–water partition coefficient (Wildman–Crippen LogP) is 2.45. The molecule has 100 valence electrons. The molecule has 0 spiro atoms. The number of furan rings is 1. The molecule has 0 atom stereocenters. The quantitative estimate of drug-likeness (QED) is 0.896. The average molecular weight is 258 g/mol. The lowest BCUT2D eigenvalue weighted by Crippen LogP contribution is -2.35. The van der Waals surface area contributed by atoms with Crippen LogP contribution in [0.4, 0.5) is 5.69 Å². The Bertz CT molecular complexity index is 518. The highest BCUT2D eigenvalue weighted by Gasteiger charge is 2.19. The molecular formula is C15H18N2O2. The Labute approximate surface area is 112 Å². The van der Waals surface area contributed by atoms with Crippen molar-refractivity contribution in [2.24, 2.45) is 5.73 Å². The number of hydrogen-bond donors (Lipinski definition) is 1. The van der Waals surface area contributed by atoms with Gasteiger partial charge in [0, 0.05) is 18.8 Å². The SMILES string of the molecule is CCc1ccc(N(CCN)C(=O)c2ccco2)cc1. The molecule has 0 fully saturated rings. The third-order valence-corrected chi connectivity index (χ3v) is 2.99. The van der Waals surface area contributed by atoms with Crippen molar-refractivity contribution < 1.29 is 9.21 Å². The molecule has 2 N–H and O–H groups in total. The minimum Gasteiger partial charge on any atom is -0.459 e. The number of carbonyl (C=O) groups excluding carboxylic acids is 1. The number of amides is 1. The van der Waals surface area contributed by atoms with E-state index in [1.54, 1.807) is 17.0 Å². The van der Waals surface area contributed by atoms with Crippen LogP contribution < -0.4 is 10.6 Å². The Morgan fingerprint density at radius 3 is 2.53 bits per heavy atom. The number of anilines is 1. The maximum absolute atomic E-state index is 12.3. The molecule has 4 nitrogen and oxygen atoms in total. The smallest absolute Gasteiger partial charge is 0.293 e. The molecular weight excluding hydrogens is 240 g/mol. The van der Waals surface area contributed by atoms with Crippen LogP contribution in [0.2, 0.25) is 0 Å². The van der Waals surface area contributed by atoms with Gasteiger partial charge < -0.3 is 15.1 Å². The summed E-state index contributed by atoms with van der Waals surface area (Å²) >= 11 is 0. The maximum atomic E-state index is 12.3. The minimum atomic E-state index is -0.167. The van der Waals surface area contributed by atoms with Crippen molar-refractivity contribution in [1.82, 2.24) is 0 Å². The number of aryl methyl sites for hydroxylation is 1. The van der Waals surface area contributed by atoms with Gasteiger partial charge in [0.15, 0.2) is 5.76 Å². The molecule has 0 aliphatic rings. The first-order valence-corrected chi connectivity index (χ1v) is 6.40. The largest absolute Gasteiger partial charge is 0.459 e.